The van der Waals surface area contributed by atoms with Crippen molar-refractivity contribution in [3.8, 4) is 0 Å². The number of carbonyl (C=O) groups excluding carboxylic acids is 1. The fraction of sp³-hybridized carbons (Fsp3) is 0.417. The Morgan fingerprint density at radius 1 is 1.24 bits per heavy atom. The van der Waals surface area contributed by atoms with Crippen LogP contribution in [-0.4, -0.2) is 37.9 Å². The minimum Gasteiger partial charge on any atom is -0.335 e. The van der Waals surface area contributed by atoms with E-state index in [-0.39, 0.29) is 25.2 Å². The van der Waals surface area contributed by atoms with E-state index in [4.69, 9.17) is 0 Å². The van der Waals surface area contributed by atoms with E-state index >= 15 is 0 Å². The second-order valence-electron chi connectivity index (χ2n) is 4.76. The zero-order valence-electron chi connectivity index (χ0n) is 11.1. The standard InChI is InChI=1S/C12H16FN3O3S2/c13-21(18,19)16-7-5-10(6-8-16)15-12(17)14-9-1-3-11(20)4-2-9/h1-4,10,20H,5-8H2,(H2,14,15,17). The third-order valence-electron chi connectivity index (χ3n) is 3.22. The van der Waals surface area contributed by atoms with Gasteiger partial charge in [-0.3, -0.25) is 0 Å². The van der Waals surface area contributed by atoms with Gasteiger partial charge in [0.25, 0.3) is 0 Å². The van der Waals surface area contributed by atoms with E-state index in [0.29, 0.717) is 18.5 Å². The number of benzene rings is 1. The lowest BCUT2D eigenvalue weighted by atomic mass is 10.1. The molecule has 116 valence electrons. The van der Waals surface area contributed by atoms with Gasteiger partial charge in [-0.1, -0.05) is 3.89 Å². The number of anilines is 1. The minimum absolute atomic E-state index is 0.0676. The predicted octanol–water partition coefficient (Wildman–Crippen LogP) is 1.78. The highest BCUT2D eigenvalue weighted by atomic mass is 32.3. The van der Waals surface area contributed by atoms with Crippen LogP contribution in [0.2, 0.25) is 0 Å². The van der Waals surface area contributed by atoms with E-state index < -0.39 is 10.4 Å². The highest BCUT2D eigenvalue weighted by Crippen LogP contribution is 2.16. The third kappa shape index (κ3) is 4.87. The Labute approximate surface area is 128 Å². The quantitative estimate of drug-likeness (QED) is 0.583. The van der Waals surface area contributed by atoms with Crippen LogP contribution in [0, 0.1) is 0 Å². The first-order valence-corrected chi connectivity index (χ1v) is 8.19. The summed E-state index contributed by atoms with van der Waals surface area (Å²) >= 11 is 4.15. The van der Waals surface area contributed by atoms with Gasteiger partial charge in [-0.05, 0) is 37.1 Å². The van der Waals surface area contributed by atoms with E-state index in [0.717, 1.165) is 9.20 Å². The summed E-state index contributed by atoms with van der Waals surface area (Å²) in [7, 11) is -4.63. The number of halogens is 1. The van der Waals surface area contributed by atoms with Crippen LogP contribution in [0.4, 0.5) is 14.4 Å². The smallest absolute Gasteiger partial charge is 0.335 e. The predicted molar refractivity (Wildman–Crippen MR) is 80.5 cm³/mol. The van der Waals surface area contributed by atoms with Gasteiger partial charge in [0.15, 0.2) is 0 Å². The van der Waals surface area contributed by atoms with Crippen molar-refractivity contribution in [2.45, 2.75) is 23.8 Å². The minimum atomic E-state index is -4.63. The molecule has 2 N–H and O–H groups in total. The highest BCUT2D eigenvalue weighted by molar-refractivity contribution is 7.83. The zero-order valence-corrected chi connectivity index (χ0v) is 12.8. The summed E-state index contributed by atoms with van der Waals surface area (Å²) in [5, 5.41) is 5.41. The Kier molecular flexibility index (Phi) is 5.07. The molecule has 2 amide bonds. The molecular formula is C12H16FN3O3S2. The maximum Gasteiger partial charge on any atom is 0.374 e. The van der Waals surface area contributed by atoms with E-state index in [1.165, 1.54) is 0 Å². The Balaban J connectivity index is 1.80. The maximum atomic E-state index is 12.8. The van der Waals surface area contributed by atoms with Crippen LogP contribution in [0.5, 0.6) is 0 Å². The number of hydrogen-bond donors (Lipinski definition) is 3. The van der Waals surface area contributed by atoms with Crippen LogP contribution >= 0.6 is 12.6 Å². The van der Waals surface area contributed by atoms with Crippen LogP contribution in [0.1, 0.15) is 12.8 Å². The molecule has 2 rings (SSSR count). The number of thiol groups is 1. The van der Waals surface area contributed by atoms with Crippen LogP contribution in [0.25, 0.3) is 0 Å². The topological polar surface area (TPSA) is 78.5 Å². The molecule has 0 aromatic heterocycles. The molecule has 1 fully saturated rings. The van der Waals surface area contributed by atoms with E-state index in [2.05, 4.69) is 23.3 Å². The van der Waals surface area contributed by atoms with E-state index in [1.807, 2.05) is 0 Å². The molecule has 1 aliphatic rings. The first-order valence-electron chi connectivity index (χ1n) is 6.41. The summed E-state index contributed by atoms with van der Waals surface area (Å²) < 4.78 is 35.0. The first kappa shape index (κ1) is 16.1. The summed E-state index contributed by atoms with van der Waals surface area (Å²) in [5.74, 6) is 0. The largest absolute Gasteiger partial charge is 0.374 e. The van der Waals surface area contributed by atoms with Gasteiger partial charge in [-0.15, -0.1) is 12.6 Å². The first-order chi connectivity index (χ1) is 9.84. The fourth-order valence-corrected chi connectivity index (χ4v) is 2.91. The SMILES string of the molecule is O=C(Nc1ccc(S)cc1)NC1CCN(S(=O)(=O)F)CC1. The van der Waals surface area contributed by atoms with Crippen molar-refractivity contribution >= 4 is 34.8 Å². The average Bonchev–Trinajstić information content (AvgIpc) is 2.41. The average molecular weight is 333 g/mol. The Bertz CT molecular complexity index is 599. The molecule has 0 unspecified atom stereocenters. The molecule has 1 aromatic rings. The molecule has 1 aliphatic heterocycles. The van der Waals surface area contributed by atoms with Crippen molar-refractivity contribution in [2.75, 3.05) is 18.4 Å². The van der Waals surface area contributed by atoms with Crippen molar-refractivity contribution in [1.82, 2.24) is 9.62 Å². The molecule has 0 saturated carbocycles. The summed E-state index contributed by atoms with van der Waals surface area (Å²) in [6.45, 7) is 0.135. The Morgan fingerprint density at radius 3 is 2.33 bits per heavy atom. The molecule has 0 bridgehead atoms. The molecule has 0 spiro atoms. The highest BCUT2D eigenvalue weighted by Gasteiger charge is 2.28. The van der Waals surface area contributed by atoms with Crippen molar-refractivity contribution in [3.63, 3.8) is 0 Å². The molecule has 1 heterocycles. The number of nitrogens with zero attached hydrogens (tertiary/aromatic N) is 1. The van der Waals surface area contributed by atoms with Crippen LogP contribution in [-0.2, 0) is 10.4 Å². The Hall–Kier alpha value is -1.32. The molecule has 0 aliphatic carbocycles. The second-order valence-corrected chi connectivity index (χ2v) is 6.62. The van der Waals surface area contributed by atoms with Gasteiger partial charge in [0.1, 0.15) is 0 Å². The lowest BCUT2D eigenvalue weighted by Gasteiger charge is -2.29. The van der Waals surface area contributed by atoms with Gasteiger partial charge in [-0.25, -0.2) is 4.79 Å². The van der Waals surface area contributed by atoms with Gasteiger partial charge in [0.05, 0.1) is 0 Å². The van der Waals surface area contributed by atoms with Crippen molar-refractivity contribution in [3.05, 3.63) is 24.3 Å². The molecule has 0 atom stereocenters. The van der Waals surface area contributed by atoms with Gasteiger partial charge >= 0.3 is 16.4 Å². The molecule has 1 aromatic carbocycles. The van der Waals surface area contributed by atoms with Gasteiger partial charge in [0, 0.05) is 29.7 Å². The summed E-state index contributed by atoms with van der Waals surface area (Å²) in [4.78, 5) is 12.6. The summed E-state index contributed by atoms with van der Waals surface area (Å²) in [6.07, 6.45) is 0.762. The second kappa shape index (κ2) is 6.63. The van der Waals surface area contributed by atoms with Crippen molar-refractivity contribution in [1.29, 1.82) is 0 Å². The molecule has 9 heteroatoms. The normalized spacial score (nSPS) is 17.4. The zero-order chi connectivity index (χ0) is 15.5. The number of hydrogen-bond acceptors (Lipinski definition) is 4. The number of amides is 2. The van der Waals surface area contributed by atoms with Crippen molar-refractivity contribution in [2.24, 2.45) is 0 Å². The number of nitrogens with one attached hydrogen (secondary N) is 2. The maximum absolute atomic E-state index is 12.8. The van der Waals surface area contributed by atoms with Gasteiger partial charge < -0.3 is 10.6 Å². The molecule has 1 saturated heterocycles. The number of rotatable bonds is 3. The lowest BCUT2D eigenvalue weighted by Crippen LogP contribution is -2.46. The number of carbonyl (C=O) groups is 1. The molecular weight excluding hydrogens is 317 g/mol. The van der Waals surface area contributed by atoms with Crippen LogP contribution in [0.3, 0.4) is 0 Å². The van der Waals surface area contributed by atoms with Crippen LogP contribution < -0.4 is 10.6 Å². The monoisotopic (exact) mass is 333 g/mol. The molecule has 6 nitrogen and oxygen atoms in total. The van der Waals surface area contributed by atoms with Crippen LogP contribution in [0.15, 0.2) is 29.2 Å². The fourth-order valence-electron chi connectivity index (χ4n) is 2.12. The number of urea groups is 1. The van der Waals surface area contributed by atoms with E-state index in [1.54, 1.807) is 24.3 Å². The van der Waals surface area contributed by atoms with E-state index in [9.17, 15) is 17.1 Å². The summed E-state index contributed by atoms with van der Waals surface area (Å²) in [6, 6.07) is 6.41. The number of piperidine rings is 1. The molecule has 0 radical (unpaired) electrons. The molecule has 21 heavy (non-hydrogen) atoms. The summed E-state index contributed by atoms with van der Waals surface area (Å²) in [5.41, 5.74) is 0.633. The lowest BCUT2D eigenvalue weighted by molar-refractivity contribution is 0.237. The van der Waals surface area contributed by atoms with Gasteiger partial charge in [-0.2, -0.15) is 12.7 Å². The van der Waals surface area contributed by atoms with Crippen molar-refractivity contribution < 1.29 is 17.1 Å². The third-order valence-corrected chi connectivity index (χ3v) is 4.50. The van der Waals surface area contributed by atoms with Gasteiger partial charge in [0.2, 0.25) is 0 Å². The Morgan fingerprint density at radius 2 is 1.81 bits per heavy atom.